The minimum atomic E-state index is -0.301. The number of piperidine rings is 1. The maximum Gasteiger partial charge on any atom is 0.138 e. The Hall–Kier alpha value is -0.440. The second kappa shape index (κ2) is 4.55. The molecule has 2 nitrogen and oxygen atoms in total. The molecule has 0 N–H and O–H groups in total. The van der Waals surface area contributed by atoms with Crippen molar-refractivity contribution in [2.24, 2.45) is 5.92 Å². The van der Waals surface area contributed by atoms with Crippen LogP contribution < -0.4 is 0 Å². The predicted molar refractivity (Wildman–Crippen MR) is 45.8 cm³/mol. The monoisotopic (exact) mass is 173 g/mol. The number of Topliss-reactive ketones (excluding diaryl/α,β-unsaturated/α-hetero) is 1. The first-order chi connectivity index (χ1) is 5.77. The summed E-state index contributed by atoms with van der Waals surface area (Å²) < 4.78 is 12.0. The van der Waals surface area contributed by atoms with Gasteiger partial charge in [0, 0.05) is 32.0 Å². The van der Waals surface area contributed by atoms with Crippen LogP contribution in [0.25, 0.3) is 0 Å². The highest BCUT2D eigenvalue weighted by atomic mass is 19.1. The summed E-state index contributed by atoms with van der Waals surface area (Å²) in [6, 6.07) is 0. The lowest BCUT2D eigenvalue weighted by atomic mass is 9.94. The Balaban J connectivity index is 2.38. The van der Waals surface area contributed by atoms with Gasteiger partial charge in [0.05, 0.1) is 0 Å². The van der Waals surface area contributed by atoms with Gasteiger partial charge in [0.15, 0.2) is 0 Å². The van der Waals surface area contributed by atoms with Gasteiger partial charge in [-0.2, -0.15) is 0 Å². The van der Waals surface area contributed by atoms with E-state index in [2.05, 4.69) is 0 Å². The molecule has 0 bridgehead atoms. The van der Waals surface area contributed by atoms with E-state index in [9.17, 15) is 9.18 Å². The van der Waals surface area contributed by atoms with Crippen LogP contribution in [0, 0.1) is 5.92 Å². The van der Waals surface area contributed by atoms with Gasteiger partial charge in [-0.05, 0) is 6.42 Å². The second-order valence-electron chi connectivity index (χ2n) is 3.31. The first kappa shape index (κ1) is 9.65. The number of alkyl halides is 1. The van der Waals surface area contributed by atoms with Crippen LogP contribution in [0.4, 0.5) is 4.39 Å². The normalized spacial score (nSPS) is 26.2. The molecule has 1 aliphatic heterocycles. The van der Waals surface area contributed by atoms with Crippen molar-refractivity contribution < 1.29 is 9.18 Å². The van der Waals surface area contributed by atoms with Crippen molar-refractivity contribution >= 4 is 5.78 Å². The Morgan fingerprint density at radius 2 is 2.42 bits per heavy atom. The summed E-state index contributed by atoms with van der Waals surface area (Å²) in [7, 11) is 0. The zero-order valence-electron chi connectivity index (χ0n) is 7.55. The van der Waals surface area contributed by atoms with Crippen LogP contribution in [-0.4, -0.2) is 37.0 Å². The van der Waals surface area contributed by atoms with Gasteiger partial charge in [-0.15, -0.1) is 0 Å². The Morgan fingerprint density at radius 1 is 1.67 bits per heavy atom. The molecule has 70 valence electrons. The van der Waals surface area contributed by atoms with Crippen LogP contribution in [0.15, 0.2) is 0 Å². The summed E-state index contributed by atoms with van der Waals surface area (Å²) in [6.07, 6.45) is 1.50. The van der Waals surface area contributed by atoms with Gasteiger partial charge in [0.25, 0.3) is 0 Å². The van der Waals surface area contributed by atoms with E-state index < -0.39 is 0 Å². The number of rotatable bonds is 3. The van der Waals surface area contributed by atoms with E-state index in [1.165, 1.54) is 0 Å². The molecule has 0 radical (unpaired) electrons. The van der Waals surface area contributed by atoms with Crippen LogP contribution >= 0.6 is 0 Å². The molecule has 1 fully saturated rings. The molecule has 0 saturated carbocycles. The van der Waals surface area contributed by atoms with Gasteiger partial charge in [-0.3, -0.25) is 9.69 Å². The molecule has 1 aliphatic rings. The molecular weight excluding hydrogens is 157 g/mol. The van der Waals surface area contributed by atoms with E-state index in [4.69, 9.17) is 0 Å². The van der Waals surface area contributed by atoms with Crippen molar-refractivity contribution in [2.45, 2.75) is 19.8 Å². The highest BCUT2D eigenvalue weighted by Gasteiger charge is 2.24. The van der Waals surface area contributed by atoms with E-state index in [1.54, 1.807) is 0 Å². The Bertz CT molecular complexity index is 161. The fourth-order valence-corrected chi connectivity index (χ4v) is 1.66. The number of likely N-dealkylation sites (tertiary alicyclic amines) is 1. The van der Waals surface area contributed by atoms with Crippen molar-refractivity contribution in [3.63, 3.8) is 0 Å². The lowest BCUT2D eigenvalue weighted by Crippen LogP contribution is -2.41. The Kier molecular flexibility index (Phi) is 3.66. The average Bonchev–Trinajstić information content (AvgIpc) is 2.09. The summed E-state index contributed by atoms with van der Waals surface area (Å²) in [5, 5.41) is 0. The molecule has 3 heteroatoms. The zero-order valence-corrected chi connectivity index (χ0v) is 7.55. The standard InChI is InChI=1S/C9H16FNO/c1-2-8-7-11(6-4-10)5-3-9(8)12/h8H,2-7H2,1H3. The average molecular weight is 173 g/mol. The lowest BCUT2D eigenvalue weighted by molar-refractivity contribution is -0.126. The van der Waals surface area contributed by atoms with Crippen molar-refractivity contribution in [3.05, 3.63) is 0 Å². The smallest absolute Gasteiger partial charge is 0.138 e. The van der Waals surface area contributed by atoms with E-state index in [0.29, 0.717) is 18.7 Å². The lowest BCUT2D eigenvalue weighted by Gasteiger charge is -2.30. The third kappa shape index (κ3) is 2.27. The first-order valence-electron chi connectivity index (χ1n) is 4.59. The summed E-state index contributed by atoms with van der Waals surface area (Å²) >= 11 is 0. The van der Waals surface area contributed by atoms with E-state index in [0.717, 1.165) is 19.5 Å². The molecule has 0 aliphatic carbocycles. The van der Waals surface area contributed by atoms with Gasteiger partial charge in [-0.1, -0.05) is 6.92 Å². The van der Waals surface area contributed by atoms with Gasteiger partial charge in [0.1, 0.15) is 12.5 Å². The Morgan fingerprint density at radius 3 is 3.00 bits per heavy atom. The van der Waals surface area contributed by atoms with Gasteiger partial charge in [0.2, 0.25) is 0 Å². The largest absolute Gasteiger partial charge is 0.300 e. The zero-order chi connectivity index (χ0) is 8.97. The van der Waals surface area contributed by atoms with Crippen molar-refractivity contribution in [3.8, 4) is 0 Å². The van der Waals surface area contributed by atoms with E-state index in [-0.39, 0.29) is 12.6 Å². The van der Waals surface area contributed by atoms with Crippen LogP contribution in [0.2, 0.25) is 0 Å². The van der Waals surface area contributed by atoms with Gasteiger partial charge in [-0.25, -0.2) is 4.39 Å². The van der Waals surface area contributed by atoms with E-state index >= 15 is 0 Å². The quantitative estimate of drug-likeness (QED) is 0.640. The molecule has 0 aromatic carbocycles. The fraction of sp³-hybridized carbons (Fsp3) is 0.889. The predicted octanol–water partition coefficient (Wildman–Crippen LogP) is 1.26. The number of carbonyl (C=O) groups excluding carboxylic acids is 1. The van der Waals surface area contributed by atoms with Crippen LogP contribution in [0.3, 0.4) is 0 Å². The third-order valence-corrected chi connectivity index (χ3v) is 2.50. The van der Waals surface area contributed by atoms with Crippen molar-refractivity contribution in [2.75, 3.05) is 26.3 Å². The minimum Gasteiger partial charge on any atom is -0.300 e. The molecule has 1 atom stereocenters. The van der Waals surface area contributed by atoms with Gasteiger partial charge >= 0.3 is 0 Å². The van der Waals surface area contributed by atoms with Gasteiger partial charge < -0.3 is 0 Å². The third-order valence-electron chi connectivity index (χ3n) is 2.50. The van der Waals surface area contributed by atoms with Crippen LogP contribution in [0.1, 0.15) is 19.8 Å². The minimum absolute atomic E-state index is 0.158. The number of nitrogens with zero attached hydrogens (tertiary/aromatic N) is 1. The fourth-order valence-electron chi connectivity index (χ4n) is 1.66. The number of carbonyl (C=O) groups is 1. The first-order valence-corrected chi connectivity index (χ1v) is 4.59. The number of halogens is 1. The van der Waals surface area contributed by atoms with E-state index in [1.807, 2.05) is 11.8 Å². The van der Waals surface area contributed by atoms with Crippen molar-refractivity contribution in [1.29, 1.82) is 0 Å². The number of hydrogen-bond acceptors (Lipinski definition) is 2. The van der Waals surface area contributed by atoms with Crippen LogP contribution in [-0.2, 0) is 4.79 Å². The van der Waals surface area contributed by atoms with Crippen molar-refractivity contribution in [1.82, 2.24) is 4.90 Å². The molecule has 0 amide bonds. The summed E-state index contributed by atoms with van der Waals surface area (Å²) in [5.74, 6) is 0.512. The molecule has 1 heterocycles. The highest BCUT2D eigenvalue weighted by molar-refractivity contribution is 5.82. The molecule has 0 aromatic heterocycles. The van der Waals surface area contributed by atoms with Crippen LogP contribution in [0.5, 0.6) is 0 Å². The SMILES string of the molecule is CCC1CN(CCF)CCC1=O. The second-order valence-corrected chi connectivity index (χ2v) is 3.31. The molecule has 12 heavy (non-hydrogen) atoms. The Labute approximate surface area is 72.7 Å². The summed E-state index contributed by atoms with van der Waals surface area (Å²) in [4.78, 5) is 13.3. The molecule has 0 spiro atoms. The topological polar surface area (TPSA) is 20.3 Å². The molecule has 0 aromatic rings. The summed E-state index contributed by atoms with van der Waals surface area (Å²) in [5.41, 5.74) is 0. The summed E-state index contributed by atoms with van der Waals surface area (Å²) in [6.45, 7) is 3.72. The number of hydrogen-bond donors (Lipinski definition) is 0. The molecule has 1 rings (SSSR count). The molecular formula is C9H16FNO. The molecule has 1 unspecified atom stereocenters. The molecule has 1 saturated heterocycles. The maximum absolute atomic E-state index is 12.0. The highest BCUT2D eigenvalue weighted by Crippen LogP contribution is 2.15. The maximum atomic E-state index is 12.0. The number of ketones is 1.